The molecular formula is C31H36I6N6O15. The number of carbonyl (C=O) groups excluding carboxylic acids is 6. The Morgan fingerprint density at radius 3 is 1.17 bits per heavy atom. The summed E-state index contributed by atoms with van der Waals surface area (Å²) in [5, 5.41) is 101. The zero-order valence-corrected chi connectivity index (χ0v) is 42.2. The van der Waals surface area contributed by atoms with Crippen LogP contribution in [0.5, 0.6) is 0 Å². The molecule has 322 valence electrons. The number of aliphatic hydroxyl groups excluding tert-OH is 9. The summed E-state index contributed by atoms with van der Waals surface area (Å²) in [6.07, 6.45) is -4.48. The largest absolute Gasteiger partial charge is 0.394 e. The minimum atomic E-state index is -1.59. The van der Waals surface area contributed by atoms with Gasteiger partial charge in [-0.15, -0.1) is 0 Å². The van der Waals surface area contributed by atoms with Gasteiger partial charge >= 0.3 is 0 Å². The van der Waals surface area contributed by atoms with E-state index in [1.165, 1.54) is 0 Å². The van der Waals surface area contributed by atoms with Crippen LogP contribution in [0.15, 0.2) is 0 Å². The van der Waals surface area contributed by atoms with Crippen molar-refractivity contribution in [3.8, 4) is 0 Å². The first-order valence-corrected chi connectivity index (χ1v) is 22.6. The topological polar surface area (TPSA) is 357 Å². The summed E-state index contributed by atoms with van der Waals surface area (Å²) in [5.41, 5.74) is -0.906. The summed E-state index contributed by atoms with van der Waals surface area (Å²) in [6, 6.07) is -2.73. The van der Waals surface area contributed by atoms with Crippen molar-refractivity contribution in [3.63, 3.8) is 0 Å². The molecule has 0 spiro atoms. The van der Waals surface area contributed by atoms with Crippen LogP contribution in [0.1, 0.15) is 41.4 Å². The lowest BCUT2D eigenvalue weighted by Gasteiger charge is -2.25. The average molecular weight is 1490 g/mol. The fourth-order valence-electron chi connectivity index (χ4n) is 4.58. The molecule has 0 aliphatic carbocycles. The number of rotatable bonds is 20. The second-order valence-electron chi connectivity index (χ2n) is 11.6. The fourth-order valence-corrected chi connectivity index (χ4v) is 13.4. The number of aliphatic hydroxyl groups is 9. The molecule has 0 aromatic heterocycles. The normalized spacial score (nSPS) is 13.7. The van der Waals surface area contributed by atoms with Gasteiger partial charge in [0.1, 0.15) is 6.61 Å². The first kappa shape index (κ1) is 53.4. The van der Waals surface area contributed by atoms with Crippen LogP contribution in [-0.4, -0.2) is 165 Å². The van der Waals surface area contributed by atoms with Gasteiger partial charge < -0.3 is 77.9 Å². The number of hydrogen-bond acceptors (Lipinski definition) is 15. The van der Waals surface area contributed by atoms with E-state index in [-0.39, 0.29) is 61.6 Å². The number of amides is 6. The standard InChI is InChI=1S/C31H36I6N6O15/c32-20-16(28(55)38-1-9(50)3-44)22(34)27(43-15(54)8-49)23(35)17(20)29(56)39-2-14(53)42-26-24(36)18(30(57)40-10(4-45)12(51)6-47)21(33)19(25(26)37)31(58)41-11(5-46)13(52)7-48/h9-13,44-52H,1-8H2,(H,38,55)(H,39,56)(H,40,57)(H,41,58)(H,42,53)(H,43,54). The second-order valence-corrected chi connectivity index (χ2v) is 18.1. The molecule has 0 bridgehead atoms. The van der Waals surface area contributed by atoms with Gasteiger partial charge in [0, 0.05) is 13.7 Å². The lowest BCUT2D eigenvalue weighted by atomic mass is 10.1. The Morgan fingerprint density at radius 1 is 0.466 bits per heavy atom. The predicted octanol–water partition coefficient (Wildman–Crippen LogP) is -2.42. The third-order valence-corrected chi connectivity index (χ3v) is 14.1. The molecule has 15 N–H and O–H groups in total. The minimum Gasteiger partial charge on any atom is -0.394 e. The van der Waals surface area contributed by atoms with E-state index in [1.54, 1.807) is 136 Å². The molecular weight excluding hydrogens is 1460 g/mol. The SMILES string of the molecule is O=C(CO)Nc1c(I)c(C(=O)NCC(=O)Nc2c(I)c(C(=O)NC(CO)C(O)CO)c(I)c(C(=O)NC(CO)C(O)CO)c2I)c(I)c(C(=O)NCC(O)CO)c1I. The minimum absolute atomic E-state index is 0.0178. The van der Waals surface area contributed by atoms with Gasteiger partial charge in [-0.2, -0.15) is 0 Å². The Bertz CT molecular complexity index is 1840. The molecule has 0 radical (unpaired) electrons. The van der Waals surface area contributed by atoms with Gasteiger partial charge in [0.2, 0.25) is 11.8 Å². The van der Waals surface area contributed by atoms with Gasteiger partial charge in [0.25, 0.3) is 23.6 Å². The van der Waals surface area contributed by atoms with E-state index in [0.29, 0.717) is 0 Å². The molecule has 0 saturated heterocycles. The van der Waals surface area contributed by atoms with Gasteiger partial charge in [-0.3, -0.25) is 28.8 Å². The van der Waals surface area contributed by atoms with E-state index >= 15 is 0 Å². The molecule has 2 aromatic carbocycles. The number of halogens is 6. The van der Waals surface area contributed by atoms with Crippen molar-refractivity contribution in [2.24, 2.45) is 0 Å². The van der Waals surface area contributed by atoms with Crippen LogP contribution in [0.2, 0.25) is 0 Å². The lowest BCUT2D eigenvalue weighted by Crippen LogP contribution is -2.48. The Balaban J connectivity index is 2.64. The van der Waals surface area contributed by atoms with E-state index in [1.807, 2.05) is 0 Å². The molecule has 0 aliphatic heterocycles. The van der Waals surface area contributed by atoms with Gasteiger partial charge in [0.05, 0.1) is 118 Å². The van der Waals surface area contributed by atoms with Crippen molar-refractivity contribution in [1.29, 1.82) is 0 Å². The van der Waals surface area contributed by atoms with Crippen LogP contribution in [0, 0.1) is 21.4 Å². The molecule has 58 heavy (non-hydrogen) atoms. The van der Waals surface area contributed by atoms with Crippen LogP contribution < -0.4 is 31.9 Å². The quantitative estimate of drug-likeness (QED) is 0.0614. The number of anilines is 2. The maximum Gasteiger partial charge on any atom is 0.253 e. The van der Waals surface area contributed by atoms with Crippen molar-refractivity contribution in [1.82, 2.24) is 21.3 Å². The zero-order valence-electron chi connectivity index (χ0n) is 29.3. The van der Waals surface area contributed by atoms with Crippen LogP contribution in [0.25, 0.3) is 0 Å². The predicted molar refractivity (Wildman–Crippen MR) is 254 cm³/mol. The van der Waals surface area contributed by atoms with E-state index < -0.39 is 112 Å². The number of carbonyl (C=O) groups is 6. The van der Waals surface area contributed by atoms with E-state index in [2.05, 4.69) is 31.9 Å². The summed E-state index contributed by atoms with van der Waals surface area (Å²) in [7, 11) is 0. The first-order chi connectivity index (χ1) is 27.3. The Morgan fingerprint density at radius 2 is 0.828 bits per heavy atom. The van der Waals surface area contributed by atoms with Crippen molar-refractivity contribution < 1.29 is 74.7 Å². The van der Waals surface area contributed by atoms with Crippen molar-refractivity contribution in [2.75, 3.05) is 63.4 Å². The third kappa shape index (κ3) is 13.6. The highest BCUT2D eigenvalue weighted by molar-refractivity contribution is 14.1. The Hall–Kier alpha value is -0.720. The summed E-state index contributed by atoms with van der Waals surface area (Å²) in [5.74, 6) is -5.40. The molecule has 27 heteroatoms. The van der Waals surface area contributed by atoms with Gasteiger partial charge in [-0.25, -0.2) is 0 Å². The molecule has 2 rings (SSSR count). The molecule has 0 saturated carbocycles. The summed E-state index contributed by atoms with van der Waals surface area (Å²) >= 11 is 10.3. The third-order valence-electron chi connectivity index (χ3n) is 7.66. The summed E-state index contributed by atoms with van der Waals surface area (Å²) in [4.78, 5) is 80.0. The highest BCUT2D eigenvalue weighted by Gasteiger charge is 2.33. The average Bonchev–Trinajstić information content (AvgIpc) is 3.19. The first-order valence-electron chi connectivity index (χ1n) is 16.1. The fraction of sp³-hybridized carbons (Fsp3) is 0.419. The lowest BCUT2D eigenvalue weighted by molar-refractivity contribution is -0.118. The highest BCUT2D eigenvalue weighted by Crippen LogP contribution is 2.37. The van der Waals surface area contributed by atoms with Crippen LogP contribution >= 0.6 is 136 Å². The van der Waals surface area contributed by atoms with Crippen molar-refractivity contribution in [3.05, 3.63) is 43.7 Å². The molecule has 0 fully saturated rings. The maximum atomic E-state index is 13.7. The van der Waals surface area contributed by atoms with Crippen molar-refractivity contribution >= 4 is 182 Å². The molecule has 0 heterocycles. The second kappa shape index (κ2) is 25.4. The van der Waals surface area contributed by atoms with Gasteiger partial charge in [-0.05, 0) is 136 Å². The van der Waals surface area contributed by atoms with Gasteiger partial charge in [-0.1, -0.05) is 0 Å². The highest BCUT2D eigenvalue weighted by atomic mass is 127. The molecule has 5 unspecified atom stereocenters. The van der Waals surface area contributed by atoms with E-state index in [9.17, 15) is 69.6 Å². The van der Waals surface area contributed by atoms with Crippen molar-refractivity contribution in [2.45, 2.75) is 30.4 Å². The molecule has 21 nitrogen and oxygen atoms in total. The zero-order chi connectivity index (χ0) is 44.2. The number of nitrogens with one attached hydrogen (secondary N) is 6. The molecule has 5 atom stereocenters. The maximum absolute atomic E-state index is 13.7. The van der Waals surface area contributed by atoms with Crippen LogP contribution in [0.3, 0.4) is 0 Å². The summed E-state index contributed by atoms with van der Waals surface area (Å²) < 4.78 is 0.403. The monoisotopic (exact) mass is 1490 g/mol. The number of hydrogen-bond donors (Lipinski definition) is 15. The molecule has 6 amide bonds. The number of benzene rings is 2. The Kier molecular flexibility index (Phi) is 23.4. The van der Waals surface area contributed by atoms with Crippen LogP contribution in [0.4, 0.5) is 11.4 Å². The van der Waals surface area contributed by atoms with E-state index in [0.717, 1.165) is 0 Å². The Labute approximate surface area is 410 Å². The van der Waals surface area contributed by atoms with Gasteiger partial charge in [0.15, 0.2) is 0 Å². The smallest absolute Gasteiger partial charge is 0.253 e. The van der Waals surface area contributed by atoms with E-state index in [4.69, 9.17) is 5.11 Å². The summed E-state index contributed by atoms with van der Waals surface area (Å²) in [6.45, 7) is -5.98. The van der Waals surface area contributed by atoms with Crippen LogP contribution in [-0.2, 0) is 9.59 Å². The molecule has 2 aromatic rings. The molecule has 0 aliphatic rings.